The summed E-state index contributed by atoms with van der Waals surface area (Å²) in [6.45, 7) is 8.61. The van der Waals surface area contributed by atoms with Crippen LogP contribution in [0.3, 0.4) is 0 Å². The molecule has 156 valence electrons. The Morgan fingerprint density at radius 2 is 2.07 bits per heavy atom. The van der Waals surface area contributed by atoms with Crippen LogP contribution in [0.15, 0.2) is 24.3 Å². The molecule has 0 N–H and O–H groups in total. The molecular formula is C21H30ClNO5. The van der Waals surface area contributed by atoms with E-state index in [0.717, 1.165) is 18.4 Å². The third kappa shape index (κ3) is 6.99. The second-order valence-electron chi connectivity index (χ2n) is 7.92. The zero-order valence-corrected chi connectivity index (χ0v) is 17.8. The van der Waals surface area contributed by atoms with Gasteiger partial charge in [0.25, 0.3) is 0 Å². The fraction of sp³-hybridized carbons (Fsp3) is 0.619. The van der Waals surface area contributed by atoms with Gasteiger partial charge in [-0.05, 0) is 58.2 Å². The Labute approximate surface area is 172 Å². The van der Waals surface area contributed by atoms with E-state index in [2.05, 4.69) is 0 Å². The lowest BCUT2D eigenvalue weighted by atomic mass is 9.88. The highest BCUT2D eigenvalue weighted by Crippen LogP contribution is 2.34. The second-order valence-corrected chi connectivity index (χ2v) is 8.36. The molecule has 1 aromatic rings. The number of ether oxygens (including phenoxy) is 3. The molecule has 1 amide bonds. The van der Waals surface area contributed by atoms with Crippen LogP contribution in [0, 0.1) is 5.92 Å². The van der Waals surface area contributed by atoms with E-state index in [4.69, 9.17) is 25.8 Å². The molecule has 1 saturated heterocycles. The molecule has 2 rings (SSSR count). The molecule has 0 aromatic heterocycles. The van der Waals surface area contributed by atoms with Gasteiger partial charge in [-0.25, -0.2) is 9.59 Å². The lowest BCUT2D eigenvalue weighted by molar-refractivity contribution is -0.152. The van der Waals surface area contributed by atoms with Crippen LogP contribution in [0.2, 0.25) is 5.02 Å². The highest BCUT2D eigenvalue weighted by Gasteiger charge is 2.33. The molecular weight excluding hydrogens is 382 g/mol. The minimum Gasteiger partial charge on any atom is -0.464 e. The van der Waals surface area contributed by atoms with E-state index in [9.17, 15) is 9.59 Å². The zero-order valence-electron chi connectivity index (χ0n) is 17.1. The van der Waals surface area contributed by atoms with Crippen LogP contribution in [0.5, 0.6) is 0 Å². The molecule has 2 atom stereocenters. The van der Waals surface area contributed by atoms with Crippen molar-refractivity contribution in [2.75, 3.05) is 26.3 Å². The molecule has 0 bridgehead atoms. The van der Waals surface area contributed by atoms with Gasteiger partial charge in [0.05, 0.1) is 12.7 Å². The number of nitrogens with zero attached hydrogens (tertiary/aromatic N) is 1. The van der Waals surface area contributed by atoms with Crippen LogP contribution >= 0.6 is 11.6 Å². The van der Waals surface area contributed by atoms with E-state index in [1.165, 1.54) is 0 Å². The first-order valence-electron chi connectivity index (χ1n) is 9.70. The standard InChI is InChI=1S/C21H30ClNO5/c1-5-26-18(24)14-27-19(15-8-6-10-17(22)12-15)16-9-7-11-23(13-16)20(25)28-21(2,3)4/h6,8,10,12,16,19H,5,7,9,11,13-14H2,1-4H3/t16-,19?/m1/s1. The average molecular weight is 412 g/mol. The van der Waals surface area contributed by atoms with Gasteiger partial charge in [-0.3, -0.25) is 0 Å². The Kier molecular flexibility index (Phi) is 8.13. The molecule has 0 spiro atoms. The molecule has 7 heteroatoms. The van der Waals surface area contributed by atoms with Crippen LogP contribution in [-0.4, -0.2) is 48.9 Å². The number of esters is 1. The number of halogens is 1. The predicted molar refractivity (Wildman–Crippen MR) is 107 cm³/mol. The van der Waals surface area contributed by atoms with Crippen LogP contribution in [-0.2, 0) is 19.0 Å². The van der Waals surface area contributed by atoms with Crippen LogP contribution in [0.1, 0.15) is 52.2 Å². The maximum absolute atomic E-state index is 12.5. The Morgan fingerprint density at radius 1 is 1.32 bits per heavy atom. The quantitative estimate of drug-likeness (QED) is 0.639. The lowest BCUT2D eigenvalue weighted by Gasteiger charge is -2.37. The number of benzene rings is 1. The first-order chi connectivity index (χ1) is 13.2. The maximum atomic E-state index is 12.5. The van der Waals surface area contributed by atoms with Crippen molar-refractivity contribution >= 4 is 23.7 Å². The van der Waals surface area contributed by atoms with Crippen molar-refractivity contribution in [1.29, 1.82) is 0 Å². The first kappa shape index (κ1) is 22.5. The molecule has 0 saturated carbocycles. The SMILES string of the molecule is CCOC(=O)COC(c1cccc(Cl)c1)[C@@H]1CCCN(C(=O)OC(C)(C)C)C1. The van der Waals surface area contributed by atoms with Gasteiger partial charge in [0.2, 0.25) is 0 Å². The Balaban J connectivity index is 2.14. The predicted octanol–water partition coefficient (Wildman–Crippen LogP) is 4.61. The second kappa shape index (κ2) is 10.1. The smallest absolute Gasteiger partial charge is 0.410 e. The fourth-order valence-electron chi connectivity index (χ4n) is 3.30. The van der Waals surface area contributed by atoms with E-state index in [1.54, 1.807) is 17.9 Å². The summed E-state index contributed by atoms with van der Waals surface area (Å²) in [4.78, 5) is 26.0. The summed E-state index contributed by atoms with van der Waals surface area (Å²) in [6, 6.07) is 7.41. The summed E-state index contributed by atoms with van der Waals surface area (Å²) in [6.07, 6.45) is 1.02. The van der Waals surface area contributed by atoms with Gasteiger partial charge in [0.15, 0.2) is 0 Å². The summed E-state index contributed by atoms with van der Waals surface area (Å²) in [7, 11) is 0. The molecule has 1 unspecified atom stereocenters. The lowest BCUT2D eigenvalue weighted by Crippen LogP contribution is -2.44. The van der Waals surface area contributed by atoms with Crippen molar-refractivity contribution in [2.24, 2.45) is 5.92 Å². The van der Waals surface area contributed by atoms with E-state index in [-0.39, 0.29) is 24.7 Å². The van der Waals surface area contributed by atoms with Crippen molar-refractivity contribution in [2.45, 2.75) is 52.2 Å². The number of hydrogen-bond donors (Lipinski definition) is 0. The van der Waals surface area contributed by atoms with Gasteiger partial charge in [-0.15, -0.1) is 0 Å². The van der Waals surface area contributed by atoms with Crippen LogP contribution < -0.4 is 0 Å². The van der Waals surface area contributed by atoms with Crippen molar-refractivity contribution in [1.82, 2.24) is 4.90 Å². The van der Waals surface area contributed by atoms with E-state index < -0.39 is 11.6 Å². The number of carbonyl (C=O) groups excluding carboxylic acids is 2. The topological polar surface area (TPSA) is 65.1 Å². The summed E-state index contributed by atoms with van der Waals surface area (Å²) in [5, 5.41) is 0.599. The molecule has 1 heterocycles. The number of piperidine rings is 1. The fourth-order valence-corrected chi connectivity index (χ4v) is 3.50. The van der Waals surface area contributed by atoms with Gasteiger partial charge in [0.1, 0.15) is 12.2 Å². The van der Waals surface area contributed by atoms with E-state index in [1.807, 2.05) is 39.0 Å². The molecule has 1 aliphatic heterocycles. The van der Waals surface area contributed by atoms with Crippen molar-refractivity contribution in [3.63, 3.8) is 0 Å². The van der Waals surface area contributed by atoms with E-state index >= 15 is 0 Å². The van der Waals surface area contributed by atoms with Crippen molar-refractivity contribution in [3.8, 4) is 0 Å². The summed E-state index contributed by atoms with van der Waals surface area (Å²) in [5.41, 5.74) is 0.337. The normalized spacial score (nSPS) is 18.5. The maximum Gasteiger partial charge on any atom is 0.410 e. The van der Waals surface area contributed by atoms with Gasteiger partial charge in [-0.1, -0.05) is 23.7 Å². The molecule has 6 nitrogen and oxygen atoms in total. The summed E-state index contributed by atoms with van der Waals surface area (Å²) >= 11 is 6.16. The van der Waals surface area contributed by atoms with Gasteiger partial charge in [0, 0.05) is 24.0 Å². The number of likely N-dealkylation sites (tertiary alicyclic amines) is 1. The average Bonchev–Trinajstić information content (AvgIpc) is 2.61. The van der Waals surface area contributed by atoms with Crippen molar-refractivity contribution in [3.05, 3.63) is 34.9 Å². The Hall–Kier alpha value is -1.79. The zero-order chi connectivity index (χ0) is 20.7. The molecule has 1 aromatic carbocycles. The molecule has 0 aliphatic carbocycles. The van der Waals surface area contributed by atoms with Crippen molar-refractivity contribution < 1.29 is 23.8 Å². The summed E-state index contributed by atoms with van der Waals surface area (Å²) < 4.78 is 16.4. The number of carbonyl (C=O) groups is 2. The molecule has 28 heavy (non-hydrogen) atoms. The third-order valence-electron chi connectivity index (χ3n) is 4.40. The van der Waals surface area contributed by atoms with Gasteiger partial charge < -0.3 is 19.1 Å². The monoisotopic (exact) mass is 411 g/mol. The largest absolute Gasteiger partial charge is 0.464 e. The van der Waals surface area contributed by atoms with Gasteiger partial charge in [-0.2, -0.15) is 0 Å². The molecule has 1 aliphatic rings. The number of hydrogen-bond acceptors (Lipinski definition) is 5. The highest BCUT2D eigenvalue weighted by molar-refractivity contribution is 6.30. The van der Waals surface area contributed by atoms with E-state index in [0.29, 0.717) is 24.7 Å². The Morgan fingerprint density at radius 3 is 2.71 bits per heavy atom. The number of amides is 1. The number of rotatable bonds is 6. The minimum absolute atomic E-state index is 0.0224. The molecule has 1 fully saturated rings. The first-order valence-corrected chi connectivity index (χ1v) is 10.1. The highest BCUT2D eigenvalue weighted by atomic mass is 35.5. The molecule has 0 radical (unpaired) electrons. The van der Waals surface area contributed by atoms with Crippen LogP contribution in [0.25, 0.3) is 0 Å². The summed E-state index contributed by atoms with van der Waals surface area (Å²) in [5.74, 6) is -0.386. The Bertz CT molecular complexity index is 673. The minimum atomic E-state index is -0.545. The van der Waals surface area contributed by atoms with Gasteiger partial charge >= 0.3 is 12.1 Å². The third-order valence-corrected chi connectivity index (χ3v) is 4.64. The van der Waals surface area contributed by atoms with Crippen LogP contribution in [0.4, 0.5) is 4.79 Å².